The van der Waals surface area contributed by atoms with Gasteiger partial charge < -0.3 is 0 Å². The summed E-state index contributed by atoms with van der Waals surface area (Å²) in [5, 5.41) is 8.99. The molecule has 0 bridgehead atoms. The van der Waals surface area contributed by atoms with Crippen LogP contribution in [0.3, 0.4) is 0 Å². The fraction of sp³-hybridized carbons (Fsp3) is 0.200. The van der Waals surface area contributed by atoms with Crippen molar-refractivity contribution < 1.29 is 26.4 Å². The molecule has 0 aliphatic heterocycles. The number of nitrogens with one attached hydrogen (secondary N) is 2. The molecular formula is C35H30ClN10O5S2+. The van der Waals surface area contributed by atoms with Crippen molar-refractivity contribution in [3.05, 3.63) is 120 Å². The Balaban J connectivity index is 0.886. The lowest BCUT2D eigenvalue weighted by atomic mass is 10.1. The van der Waals surface area contributed by atoms with E-state index in [0.717, 1.165) is 36.0 Å². The van der Waals surface area contributed by atoms with Crippen molar-refractivity contribution in [2.75, 3.05) is 16.1 Å². The molecule has 15 nitrogen and oxygen atoms in total. The van der Waals surface area contributed by atoms with Crippen molar-refractivity contribution in [3.63, 3.8) is 0 Å². The smallest absolute Gasteiger partial charge is 0.264 e. The molecule has 18 heteroatoms. The molecule has 268 valence electrons. The molecule has 2 saturated carbocycles. The van der Waals surface area contributed by atoms with E-state index in [-0.39, 0.29) is 38.4 Å². The number of hydrogen-bond acceptors (Lipinski definition) is 10. The highest BCUT2D eigenvalue weighted by molar-refractivity contribution is 7.93. The molecule has 2 aliphatic carbocycles. The van der Waals surface area contributed by atoms with Crippen LogP contribution in [0, 0.1) is 5.92 Å². The van der Waals surface area contributed by atoms with Gasteiger partial charge in [-0.2, -0.15) is 19.2 Å². The van der Waals surface area contributed by atoms with E-state index in [1.807, 2.05) is 30.3 Å². The van der Waals surface area contributed by atoms with Gasteiger partial charge in [0, 0.05) is 64.0 Å². The van der Waals surface area contributed by atoms with Crippen LogP contribution in [0.15, 0.2) is 114 Å². The quantitative estimate of drug-likeness (QED) is 0.133. The van der Waals surface area contributed by atoms with Gasteiger partial charge in [-0.15, -0.1) is 0 Å². The SMILES string of the molecule is O=S(=O)(Nc1cc(-c2ccccc2)nc2c(C3CC3)cnn12)c1cc[n+](OCC2CC2c2cnn3c(NS(=O)(=O)c4cccnc4)cc(Cl)nc23)cc1. The van der Waals surface area contributed by atoms with Gasteiger partial charge in [-0.05, 0) is 43.2 Å². The summed E-state index contributed by atoms with van der Waals surface area (Å²) in [4.78, 5) is 19.2. The van der Waals surface area contributed by atoms with E-state index in [2.05, 4.69) is 29.6 Å². The maximum absolute atomic E-state index is 13.6. The zero-order valence-corrected chi connectivity index (χ0v) is 30.1. The van der Waals surface area contributed by atoms with Crippen molar-refractivity contribution in [3.8, 4) is 11.3 Å². The number of aromatic nitrogens is 8. The third-order valence-corrected chi connectivity index (χ3v) is 12.2. The van der Waals surface area contributed by atoms with E-state index < -0.39 is 20.0 Å². The minimum Gasteiger partial charge on any atom is -0.271 e. The number of fused-ring (bicyclic) bond motifs is 2. The second-order valence-electron chi connectivity index (χ2n) is 13.0. The van der Waals surface area contributed by atoms with Crippen LogP contribution in [0.5, 0.6) is 0 Å². The first-order valence-electron chi connectivity index (χ1n) is 16.7. The Morgan fingerprint density at radius 2 is 1.47 bits per heavy atom. The molecule has 0 radical (unpaired) electrons. The van der Waals surface area contributed by atoms with E-state index in [1.54, 1.807) is 35.4 Å². The number of halogens is 1. The second kappa shape index (κ2) is 12.8. The lowest BCUT2D eigenvalue weighted by Crippen LogP contribution is -2.43. The first-order valence-corrected chi connectivity index (χ1v) is 20.1. The molecule has 2 atom stereocenters. The van der Waals surface area contributed by atoms with E-state index in [4.69, 9.17) is 21.4 Å². The fourth-order valence-corrected chi connectivity index (χ4v) is 8.53. The molecule has 6 heterocycles. The summed E-state index contributed by atoms with van der Waals surface area (Å²) in [6.07, 6.45) is 12.1. The number of benzene rings is 1. The predicted molar refractivity (Wildman–Crippen MR) is 193 cm³/mol. The average molecular weight is 770 g/mol. The number of pyridine rings is 2. The van der Waals surface area contributed by atoms with E-state index in [1.165, 1.54) is 52.0 Å². The average Bonchev–Trinajstić information content (AvgIpc) is 4.07. The molecule has 1 aromatic carbocycles. The Hall–Kier alpha value is -5.65. The summed E-state index contributed by atoms with van der Waals surface area (Å²) in [7, 11) is -7.96. The van der Waals surface area contributed by atoms with Crippen LogP contribution < -0.4 is 19.0 Å². The normalized spacial score (nSPS) is 17.2. The molecule has 2 aliphatic rings. The monoisotopic (exact) mass is 769 g/mol. The van der Waals surface area contributed by atoms with Crippen molar-refractivity contribution >= 4 is 54.6 Å². The molecule has 0 spiro atoms. The van der Waals surface area contributed by atoms with Crippen LogP contribution in [-0.2, 0) is 20.0 Å². The highest BCUT2D eigenvalue weighted by Crippen LogP contribution is 2.48. The van der Waals surface area contributed by atoms with Gasteiger partial charge in [0.05, 0.1) is 23.0 Å². The van der Waals surface area contributed by atoms with Crippen molar-refractivity contribution in [1.82, 2.24) is 34.2 Å². The van der Waals surface area contributed by atoms with Gasteiger partial charge in [0.2, 0.25) is 12.4 Å². The predicted octanol–water partition coefficient (Wildman–Crippen LogP) is 4.49. The first-order chi connectivity index (χ1) is 25.6. The van der Waals surface area contributed by atoms with E-state index >= 15 is 0 Å². The van der Waals surface area contributed by atoms with Gasteiger partial charge in [-0.25, -0.2) is 26.8 Å². The van der Waals surface area contributed by atoms with Gasteiger partial charge >= 0.3 is 0 Å². The third kappa shape index (κ3) is 6.51. The molecule has 53 heavy (non-hydrogen) atoms. The third-order valence-electron chi connectivity index (χ3n) is 9.32. The highest BCUT2D eigenvalue weighted by atomic mass is 35.5. The number of sulfonamides is 2. The summed E-state index contributed by atoms with van der Waals surface area (Å²) >= 11 is 6.31. The molecule has 2 N–H and O–H groups in total. The van der Waals surface area contributed by atoms with Crippen molar-refractivity contribution in [1.29, 1.82) is 0 Å². The molecule has 9 rings (SSSR count). The van der Waals surface area contributed by atoms with Gasteiger partial charge in [0.25, 0.3) is 20.0 Å². The Kier molecular flexibility index (Phi) is 8.01. The minimum atomic E-state index is -4.01. The van der Waals surface area contributed by atoms with E-state index in [0.29, 0.717) is 29.5 Å². The van der Waals surface area contributed by atoms with Crippen LogP contribution in [0.2, 0.25) is 5.15 Å². The molecular weight excluding hydrogens is 740 g/mol. The largest absolute Gasteiger partial charge is 0.271 e. The van der Waals surface area contributed by atoms with Crippen molar-refractivity contribution in [2.45, 2.75) is 40.9 Å². The van der Waals surface area contributed by atoms with Crippen LogP contribution in [0.25, 0.3) is 22.6 Å². The summed E-state index contributed by atoms with van der Waals surface area (Å²) in [5.41, 5.74) is 4.40. The maximum Gasteiger partial charge on any atom is 0.264 e. The minimum absolute atomic E-state index is 0.00338. The lowest BCUT2D eigenvalue weighted by Gasteiger charge is -2.12. The topological polar surface area (TPSA) is 179 Å². The Morgan fingerprint density at radius 1 is 0.792 bits per heavy atom. The van der Waals surface area contributed by atoms with Crippen LogP contribution >= 0.6 is 11.6 Å². The summed E-state index contributed by atoms with van der Waals surface area (Å²) in [5.74, 6) is 0.961. The summed E-state index contributed by atoms with van der Waals surface area (Å²) < 4.78 is 62.8. The second-order valence-corrected chi connectivity index (χ2v) is 16.7. The summed E-state index contributed by atoms with van der Waals surface area (Å²) in [6, 6.07) is 18.6. The van der Waals surface area contributed by atoms with Crippen LogP contribution in [0.4, 0.5) is 11.6 Å². The maximum atomic E-state index is 13.6. The number of nitrogens with zero attached hydrogens (tertiary/aromatic N) is 8. The van der Waals surface area contributed by atoms with Crippen LogP contribution in [-0.4, -0.2) is 57.6 Å². The molecule has 6 aromatic heterocycles. The zero-order chi connectivity index (χ0) is 36.3. The lowest BCUT2D eigenvalue weighted by molar-refractivity contribution is -0.892. The number of hydrogen-bond donors (Lipinski definition) is 2. The molecule has 0 saturated heterocycles. The summed E-state index contributed by atoms with van der Waals surface area (Å²) in [6.45, 7) is 0.331. The van der Waals surface area contributed by atoms with E-state index in [9.17, 15) is 16.8 Å². The number of anilines is 2. The van der Waals surface area contributed by atoms with Crippen molar-refractivity contribution in [2.24, 2.45) is 5.92 Å². The van der Waals surface area contributed by atoms with Gasteiger partial charge in [-0.1, -0.05) is 41.9 Å². The Morgan fingerprint density at radius 3 is 2.17 bits per heavy atom. The Bertz CT molecular complexity index is 2730. The highest BCUT2D eigenvalue weighted by Gasteiger charge is 2.42. The standard InChI is InChI=1S/C35H30ClN10O5S2/c36-31-17-33(43-53(49,50)26-7-4-12-37-18-26)46-35(41-31)29(20-39-46)27-15-24(27)21-51-44-13-10-25(11-14-44)52(47,48)42-32-16-30(23-5-2-1-3-6-23)40-34-28(22-8-9-22)19-38-45(32)34/h1-7,10-14,16-20,22,24,27,42-43H,8-9,15,21H2/q+1. The fourth-order valence-electron chi connectivity index (χ4n) is 6.33. The van der Waals surface area contributed by atoms with Gasteiger partial charge in [-0.3, -0.25) is 19.3 Å². The van der Waals surface area contributed by atoms with Gasteiger partial charge in [0.1, 0.15) is 21.7 Å². The zero-order valence-electron chi connectivity index (χ0n) is 27.7. The first kappa shape index (κ1) is 33.2. The molecule has 7 aromatic rings. The molecule has 2 unspecified atom stereocenters. The number of rotatable bonds is 12. The van der Waals surface area contributed by atoms with Crippen LogP contribution in [0.1, 0.15) is 42.2 Å². The Labute approximate surface area is 308 Å². The molecule has 0 amide bonds. The molecule has 2 fully saturated rings. The van der Waals surface area contributed by atoms with Gasteiger partial charge in [0.15, 0.2) is 17.9 Å².